The van der Waals surface area contributed by atoms with Gasteiger partial charge in [-0.15, -0.1) is 0 Å². The van der Waals surface area contributed by atoms with Gasteiger partial charge in [0.15, 0.2) is 0 Å². The number of esters is 1. The Balaban J connectivity index is 1.40. The molecule has 0 radical (unpaired) electrons. The van der Waals surface area contributed by atoms with E-state index in [2.05, 4.69) is 5.32 Å². The maximum atomic E-state index is 12.3. The van der Waals surface area contributed by atoms with E-state index in [1.165, 1.54) is 25.1 Å². The number of amides is 2. The van der Waals surface area contributed by atoms with Gasteiger partial charge >= 0.3 is 5.97 Å². The van der Waals surface area contributed by atoms with Crippen LogP contribution in [-0.4, -0.2) is 48.4 Å². The number of ether oxygens (including phenoxy) is 1. The van der Waals surface area contributed by atoms with Crippen molar-refractivity contribution < 1.29 is 28.0 Å². The van der Waals surface area contributed by atoms with Gasteiger partial charge in [0, 0.05) is 13.1 Å². The van der Waals surface area contributed by atoms with Crippen LogP contribution in [0, 0.1) is 5.92 Å². The number of furan rings is 2. The number of piperidine rings is 1. The first-order chi connectivity index (χ1) is 13.0. The molecule has 0 saturated carbocycles. The summed E-state index contributed by atoms with van der Waals surface area (Å²) in [6.07, 6.45) is 6.31. The fourth-order valence-electron chi connectivity index (χ4n) is 2.96. The molecule has 8 nitrogen and oxygen atoms in total. The fraction of sp³-hybridized carbons (Fsp3) is 0.421. The topological polar surface area (TPSA) is 102 Å². The molecule has 0 spiro atoms. The number of rotatable bonds is 6. The van der Waals surface area contributed by atoms with Crippen LogP contribution < -0.4 is 5.32 Å². The predicted molar refractivity (Wildman–Crippen MR) is 93.9 cm³/mol. The quantitative estimate of drug-likeness (QED) is 0.777. The minimum Gasteiger partial charge on any atom is -0.472 e. The molecule has 2 aromatic heterocycles. The minimum atomic E-state index is -0.445. The third-order valence-electron chi connectivity index (χ3n) is 4.53. The first-order valence-electron chi connectivity index (χ1n) is 8.87. The Morgan fingerprint density at radius 3 is 2.37 bits per heavy atom. The van der Waals surface area contributed by atoms with Crippen LogP contribution >= 0.6 is 0 Å². The molecule has 1 saturated heterocycles. The monoisotopic (exact) mass is 374 g/mol. The largest absolute Gasteiger partial charge is 0.472 e. The zero-order valence-corrected chi connectivity index (χ0v) is 15.1. The third-order valence-corrected chi connectivity index (χ3v) is 4.53. The Bertz CT molecular complexity index is 760. The number of carbonyl (C=O) groups is 3. The van der Waals surface area contributed by atoms with Gasteiger partial charge in [0.05, 0.1) is 36.1 Å². The molecular weight excluding hydrogens is 352 g/mol. The van der Waals surface area contributed by atoms with Gasteiger partial charge in [-0.25, -0.2) is 0 Å². The van der Waals surface area contributed by atoms with Gasteiger partial charge < -0.3 is 23.8 Å². The molecule has 8 heteroatoms. The van der Waals surface area contributed by atoms with Crippen LogP contribution in [0.3, 0.4) is 0 Å². The van der Waals surface area contributed by atoms with Gasteiger partial charge in [-0.05, 0) is 31.9 Å². The van der Waals surface area contributed by atoms with Crippen molar-refractivity contribution in [2.45, 2.75) is 25.9 Å². The molecule has 0 aromatic carbocycles. The lowest BCUT2D eigenvalue weighted by Gasteiger charge is -2.31. The average Bonchev–Trinajstić information content (AvgIpc) is 3.39. The van der Waals surface area contributed by atoms with E-state index in [-0.39, 0.29) is 30.2 Å². The van der Waals surface area contributed by atoms with Crippen molar-refractivity contribution in [3.63, 3.8) is 0 Å². The first kappa shape index (κ1) is 18.8. The van der Waals surface area contributed by atoms with Crippen molar-refractivity contribution in [3.05, 3.63) is 48.3 Å². The van der Waals surface area contributed by atoms with Crippen LogP contribution in [-0.2, 0) is 9.53 Å². The standard InChI is InChI=1S/C19H22N2O6/c1-13(10-20-17(22)15-4-8-25-11-15)27-19(24)14-2-6-21(7-3-14)18(23)16-5-9-26-12-16/h4-5,8-9,11-14H,2-3,6-7,10H2,1H3,(H,20,22)/t13-/m0/s1. The number of likely N-dealkylation sites (tertiary alicyclic amines) is 1. The summed E-state index contributed by atoms with van der Waals surface area (Å²) >= 11 is 0. The maximum Gasteiger partial charge on any atom is 0.309 e. The van der Waals surface area contributed by atoms with Crippen molar-refractivity contribution in [2.24, 2.45) is 5.92 Å². The second-order valence-corrected chi connectivity index (χ2v) is 6.55. The molecule has 1 fully saturated rings. The molecule has 1 aliphatic rings. The molecular formula is C19H22N2O6. The first-order valence-corrected chi connectivity index (χ1v) is 8.87. The molecule has 0 aliphatic carbocycles. The van der Waals surface area contributed by atoms with E-state index >= 15 is 0 Å². The number of hydrogen-bond donors (Lipinski definition) is 1. The Kier molecular flexibility index (Phi) is 5.95. The maximum absolute atomic E-state index is 12.3. The number of carbonyl (C=O) groups excluding carboxylic acids is 3. The molecule has 1 aliphatic heterocycles. The lowest BCUT2D eigenvalue weighted by Crippen LogP contribution is -2.41. The smallest absolute Gasteiger partial charge is 0.309 e. The van der Waals surface area contributed by atoms with E-state index in [1.54, 1.807) is 24.0 Å². The number of hydrogen-bond acceptors (Lipinski definition) is 6. The van der Waals surface area contributed by atoms with Crippen LogP contribution in [0.1, 0.15) is 40.5 Å². The van der Waals surface area contributed by atoms with Crippen molar-refractivity contribution in [3.8, 4) is 0 Å². The van der Waals surface area contributed by atoms with Gasteiger partial charge in [0.2, 0.25) is 0 Å². The molecule has 3 heterocycles. The molecule has 0 unspecified atom stereocenters. The summed E-state index contributed by atoms with van der Waals surface area (Å²) in [7, 11) is 0. The summed E-state index contributed by atoms with van der Waals surface area (Å²) in [6.45, 7) is 2.93. The Labute approximate surface area is 156 Å². The molecule has 1 N–H and O–H groups in total. The van der Waals surface area contributed by atoms with Crippen LogP contribution in [0.4, 0.5) is 0 Å². The van der Waals surface area contributed by atoms with Gasteiger partial charge in [0.1, 0.15) is 18.6 Å². The lowest BCUT2D eigenvalue weighted by molar-refractivity contribution is -0.154. The zero-order chi connectivity index (χ0) is 19.2. The Morgan fingerprint density at radius 2 is 1.78 bits per heavy atom. The second-order valence-electron chi connectivity index (χ2n) is 6.55. The van der Waals surface area contributed by atoms with Crippen molar-refractivity contribution >= 4 is 17.8 Å². The van der Waals surface area contributed by atoms with Crippen LogP contribution in [0.5, 0.6) is 0 Å². The third kappa shape index (κ3) is 4.78. The van der Waals surface area contributed by atoms with E-state index < -0.39 is 6.10 Å². The number of nitrogens with zero attached hydrogens (tertiary/aromatic N) is 1. The molecule has 144 valence electrons. The summed E-state index contributed by atoms with van der Waals surface area (Å²) < 4.78 is 15.2. The zero-order valence-electron chi connectivity index (χ0n) is 15.1. The summed E-state index contributed by atoms with van der Waals surface area (Å²) in [5.74, 6) is -0.912. The van der Waals surface area contributed by atoms with E-state index in [9.17, 15) is 14.4 Å². The Hall–Kier alpha value is -3.03. The Morgan fingerprint density at radius 1 is 1.15 bits per heavy atom. The second kappa shape index (κ2) is 8.57. The minimum absolute atomic E-state index is 0.0918. The summed E-state index contributed by atoms with van der Waals surface area (Å²) in [5, 5.41) is 2.69. The predicted octanol–water partition coefficient (Wildman–Crippen LogP) is 2.09. The van der Waals surface area contributed by atoms with E-state index in [4.69, 9.17) is 13.6 Å². The fourth-order valence-corrected chi connectivity index (χ4v) is 2.96. The van der Waals surface area contributed by atoms with Crippen molar-refractivity contribution in [1.82, 2.24) is 10.2 Å². The summed E-state index contributed by atoms with van der Waals surface area (Å²) in [5.41, 5.74) is 0.932. The highest BCUT2D eigenvalue weighted by molar-refractivity contribution is 5.94. The molecule has 3 rings (SSSR count). The highest BCUT2D eigenvalue weighted by atomic mass is 16.5. The van der Waals surface area contributed by atoms with Gasteiger partial charge in [0.25, 0.3) is 11.8 Å². The van der Waals surface area contributed by atoms with Crippen molar-refractivity contribution in [2.75, 3.05) is 19.6 Å². The lowest BCUT2D eigenvalue weighted by atomic mass is 9.96. The molecule has 2 amide bonds. The highest BCUT2D eigenvalue weighted by Gasteiger charge is 2.30. The van der Waals surface area contributed by atoms with E-state index in [1.807, 2.05) is 0 Å². The van der Waals surface area contributed by atoms with Gasteiger partial charge in [-0.1, -0.05) is 0 Å². The van der Waals surface area contributed by atoms with Crippen LogP contribution in [0.25, 0.3) is 0 Å². The summed E-state index contributed by atoms with van der Waals surface area (Å²) in [4.78, 5) is 38.1. The van der Waals surface area contributed by atoms with Crippen LogP contribution in [0.15, 0.2) is 46.0 Å². The van der Waals surface area contributed by atoms with E-state index in [0.717, 1.165) is 0 Å². The van der Waals surface area contributed by atoms with Gasteiger partial charge in [-0.2, -0.15) is 0 Å². The normalized spacial score (nSPS) is 16.0. The molecule has 2 aromatic rings. The SMILES string of the molecule is C[C@@H](CNC(=O)c1ccoc1)OC(=O)C1CCN(C(=O)c2ccoc2)CC1. The molecule has 0 bridgehead atoms. The average molecular weight is 374 g/mol. The molecule has 27 heavy (non-hydrogen) atoms. The van der Waals surface area contributed by atoms with Gasteiger partial charge in [-0.3, -0.25) is 14.4 Å². The van der Waals surface area contributed by atoms with Crippen LogP contribution in [0.2, 0.25) is 0 Å². The van der Waals surface area contributed by atoms with E-state index in [0.29, 0.717) is 37.1 Å². The van der Waals surface area contributed by atoms with Crippen molar-refractivity contribution in [1.29, 1.82) is 0 Å². The number of nitrogens with one attached hydrogen (secondary N) is 1. The summed E-state index contributed by atoms with van der Waals surface area (Å²) in [6, 6.07) is 3.19. The molecule has 1 atom stereocenters. The highest BCUT2D eigenvalue weighted by Crippen LogP contribution is 2.21.